The van der Waals surface area contributed by atoms with Crippen LogP contribution in [0.3, 0.4) is 0 Å². The van der Waals surface area contributed by atoms with Gasteiger partial charge in [-0.25, -0.2) is 0 Å². The zero-order chi connectivity index (χ0) is 11.3. The Morgan fingerprint density at radius 1 is 1.33 bits per heavy atom. The maximum Gasteiger partial charge on any atom is -0.0260 e. The molecule has 0 N–H and O–H groups in total. The summed E-state index contributed by atoms with van der Waals surface area (Å²) in [6, 6.07) is 0. The summed E-state index contributed by atoms with van der Waals surface area (Å²) in [5.41, 5.74) is 1.38. The molecule has 0 radical (unpaired) electrons. The van der Waals surface area contributed by atoms with E-state index in [2.05, 4.69) is 34.6 Å². The predicted molar refractivity (Wildman–Crippen MR) is 66.8 cm³/mol. The maximum absolute atomic E-state index is 2.49. The van der Waals surface area contributed by atoms with Gasteiger partial charge < -0.3 is 0 Å². The Kier molecular flexibility index (Phi) is 2.68. The highest BCUT2D eigenvalue weighted by Gasteiger charge is 2.74. The second-order valence-electron chi connectivity index (χ2n) is 7.72. The van der Waals surface area contributed by atoms with Crippen LogP contribution in [0.5, 0.6) is 0 Å². The van der Waals surface area contributed by atoms with Gasteiger partial charge in [0.05, 0.1) is 0 Å². The van der Waals surface area contributed by atoms with E-state index >= 15 is 0 Å². The Balaban J connectivity index is 1.56. The molecule has 0 bridgehead atoms. The first kappa shape index (κ1) is 11.5. The third-order valence-corrected chi connectivity index (χ3v) is 4.85. The van der Waals surface area contributed by atoms with Gasteiger partial charge in [-0.05, 0) is 47.8 Å². The maximum atomic E-state index is 2.49. The van der Waals surface area contributed by atoms with Crippen molar-refractivity contribution in [2.45, 2.75) is 66.7 Å². The first-order chi connectivity index (χ1) is 6.83. The van der Waals surface area contributed by atoms with Gasteiger partial charge in [-0.1, -0.05) is 47.5 Å². The Morgan fingerprint density at radius 2 is 1.93 bits per heavy atom. The van der Waals surface area contributed by atoms with Gasteiger partial charge in [-0.3, -0.25) is 0 Å². The SMILES string of the molecule is C[C@@H](CCCC(C)(C)C)CC1C2CC12C. The minimum Gasteiger partial charge on any atom is -0.0625 e. The normalized spacial score (nSPS) is 39.8. The fourth-order valence-corrected chi connectivity index (χ4v) is 3.28. The van der Waals surface area contributed by atoms with Crippen molar-refractivity contribution >= 4 is 0 Å². The fraction of sp³-hybridized carbons (Fsp3) is 1.00. The predicted octanol–water partition coefficient (Wildman–Crippen LogP) is 4.89. The van der Waals surface area contributed by atoms with Gasteiger partial charge in [0.15, 0.2) is 0 Å². The van der Waals surface area contributed by atoms with Gasteiger partial charge in [-0.15, -0.1) is 0 Å². The van der Waals surface area contributed by atoms with Crippen LogP contribution in [0.4, 0.5) is 0 Å². The van der Waals surface area contributed by atoms with Crippen LogP contribution in [-0.4, -0.2) is 0 Å². The number of hydrogen-bond donors (Lipinski definition) is 0. The lowest BCUT2D eigenvalue weighted by atomic mass is 9.86. The molecule has 2 aliphatic rings. The smallest absolute Gasteiger partial charge is 0.0260 e. The van der Waals surface area contributed by atoms with Crippen molar-refractivity contribution in [1.29, 1.82) is 0 Å². The van der Waals surface area contributed by atoms with Gasteiger partial charge in [-0.2, -0.15) is 0 Å². The van der Waals surface area contributed by atoms with Gasteiger partial charge >= 0.3 is 0 Å². The first-order valence-corrected chi connectivity index (χ1v) is 6.83. The standard InChI is InChI=1S/C15H28/c1-11(7-6-8-14(2,3)4)9-12-13-10-15(12,13)5/h11-13H,6-10H2,1-5H3/t11-,12?,13?,15?/m0/s1. The summed E-state index contributed by atoms with van der Waals surface area (Å²) >= 11 is 0. The third kappa shape index (κ3) is 2.57. The van der Waals surface area contributed by atoms with Crippen molar-refractivity contribution in [3.05, 3.63) is 0 Å². The van der Waals surface area contributed by atoms with Crippen LogP contribution in [0.2, 0.25) is 0 Å². The van der Waals surface area contributed by atoms with Gasteiger partial charge in [0.1, 0.15) is 0 Å². The molecule has 0 aromatic heterocycles. The Hall–Kier alpha value is 0. The van der Waals surface area contributed by atoms with E-state index in [1.54, 1.807) is 6.42 Å². The van der Waals surface area contributed by atoms with E-state index in [0.29, 0.717) is 5.41 Å². The largest absolute Gasteiger partial charge is 0.0625 e. The highest BCUT2D eigenvalue weighted by Crippen LogP contribution is 2.81. The van der Waals surface area contributed by atoms with Crippen LogP contribution in [-0.2, 0) is 0 Å². The monoisotopic (exact) mass is 208 g/mol. The second-order valence-corrected chi connectivity index (χ2v) is 7.72. The molecule has 0 aliphatic heterocycles. The van der Waals surface area contributed by atoms with Crippen LogP contribution in [0.1, 0.15) is 66.7 Å². The molecule has 4 atom stereocenters. The van der Waals surface area contributed by atoms with Gasteiger partial charge in [0.2, 0.25) is 0 Å². The molecule has 88 valence electrons. The minimum atomic E-state index is 0.535. The Bertz CT molecular complexity index is 235. The highest BCUT2D eigenvalue weighted by molar-refractivity contribution is 5.22. The van der Waals surface area contributed by atoms with E-state index in [9.17, 15) is 0 Å². The zero-order valence-corrected chi connectivity index (χ0v) is 11.3. The summed E-state index contributed by atoms with van der Waals surface area (Å²) < 4.78 is 0. The lowest BCUT2D eigenvalue weighted by molar-refractivity contribution is 0.320. The topological polar surface area (TPSA) is 0 Å². The lowest BCUT2D eigenvalue weighted by Crippen LogP contribution is -2.07. The summed E-state index contributed by atoms with van der Waals surface area (Å²) in [6.45, 7) is 12.0. The first-order valence-electron chi connectivity index (χ1n) is 6.83. The van der Waals surface area contributed by atoms with Crippen molar-refractivity contribution < 1.29 is 0 Å². The van der Waals surface area contributed by atoms with Gasteiger partial charge in [0.25, 0.3) is 0 Å². The third-order valence-electron chi connectivity index (χ3n) is 4.85. The van der Waals surface area contributed by atoms with E-state index in [4.69, 9.17) is 0 Å². The molecule has 0 saturated heterocycles. The average Bonchev–Trinajstić information content (AvgIpc) is 2.86. The molecule has 3 unspecified atom stereocenters. The second kappa shape index (κ2) is 3.50. The number of fused-ring (bicyclic) bond motifs is 1. The minimum absolute atomic E-state index is 0.535. The van der Waals surface area contributed by atoms with Crippen molar-refractivity contribution in [3.8, 4) is 0 Å². The molecule has 0 amide bonds. The van der Waals surface area contributed by atoms with Gasteiger partial charge in [0, 0.05) is 0 Å². The number of hydrogen-bond acceptors (Lipinski definition) is 0. The molecule has 0 aromatic rings. The quantitative estimate of drug-likeness (QED) is 0.604. The van der Waals surface area contributed by atoms with E-state index in [1.807, 2.05) is 0 Å². The number of rotatable bonds is 5. The summed E-state index contributed by atoms with van der Waals surface area (Å²) in [7, 11) is 0. The van der Waals surface area contributed by atoms with Crippen LogP contribution in [0.15, 0.2) is 0 Å². The van der Waals surface area contributed by atoms with Crippen molar-refractivity contribution in [2.75, 3.05) is 0 Å². The van der Waals surface area contributed by atoms with E-state index in [0.717, 1.165) is 23.2 Å². The van der Waals surface area contributed by atoms with Crippen molar-refractivity contribution in [2.24, 2.45) is 28.6 Å². The molecule has 0 heterocycles. The fourth-order valence-electron chi connectivity index (χ4n) is 3.28. The lowest BCUT2D eigenvalue weighted by Gasteiger charge is -2.20. The molecule has 0 spiro atoms. The molecular formula is C15H28. The molecule has 2 saturated carbocycles. The van der Waals surface area contributed by atoms with Crippen molar-refractivity contribution in [1.82, 2.24) is 0 Å². The summed E-state index contributed by atoms with van der Waals surface area (Å²) in [5.74, 6) is 3.26. The molecule has 0 nitrogen and oxygen atoms in total. The summed E-state index contributed by atoms with van der Waals surface area (Å²) in [5, 5.41) is 0. The molecule has 0 aromatic carbocycles. The Labute approximate surface area is 95.8 Å². The highest BCUT2D eigenvalue weighted by atomic mass is 14.8. The zero-order valence-electron chi connectivity index (χ0n) is 11.3. The van der Waals surface area contributed by atoms with Crippen molar-refractivity contribution in [3.63, 3.8) is 0 Å². The molecule has 15 heavy (non-hydrogen) atoms. The Morgan fingerprint density at radius 3 is 2.33 bits per heavy atom. The van der Waals surface area contributed by atoms with E-state index in [-0.39, 0.29) is 0 Å². The molecule has 0 heteroatoms. The van der Waals surface area contributed by atoms with E-state index < -0.39 is 0 Å². The summed E-state index contributed by atoms with van der Waals surface area (Å²) in [4.78, 5) is 0. The van der Waals surface area contributed by atoms with Crippen LogP contribution >= 0.6 is 0 Å². The molecule has 2 fully saturated rings. The van der Waals surface area contributed by atoms with Crippen LogP contribution in [0, 0.1) is 28.6 Å². The van der Waals surface area contributed by atoms with Crippen LogP contribution < -0.4 is 0 Å². The van der Waals surface area contributed by atoms with E-state index in [1.165, 1.54) is 25.7 Å². The molecule has 2 aliphatic carbocycles. The average molecular weight is 208 g/mol. The van der Waals surface area contributed by atoms with Crippen LogP contribution in [0.25, 0.3) is 0 Å². The summed E-state index contributed by atoms with van der Waals surface area (Å²) in [6.07, 6.45) is 7.34. The molecular weight excluding hydrogens is 180 g/mol. The molecule has 2 rings (SSSR count).